The van der Waals surface area contributed by atoms with Crippen molar-refractivity contribution in [2.24, 2.45) is 0 Å². The highest BCUT2D eigenvalue weighted by atomic mass is 19.3. The van der Waals surface area contributed by atoms with Gasteiger partial charge in [-0.3, -0.25) is 14.3 Å². The lowest BCUT2D eigenvalue weighted by Gasteiger charge is -2.31. The summed E-state index contributed by atoms with van der Waals surface area (Å²) in [5.74, 6) is -2.92. The van der Waals surface area contributed by atoms with Crippen LogP contribution in [0.4, 0.5) is 8.78 Å². The summed E-state index contributed by atoms with van der Waals surface area (Å²) in [6.45, 7) is 2.11. The van der Waals surface area contributed by atoms with Gasteiger partial charge in [0.1, 0.15) is 5.65 Å². The Labute approximate surface area is 149 Å². The smallest absolute Gasteiger partial charge is 0.255 e. The lowest BCUT2D eigenvalue weighted by molar-refractivity contribution is -0.0494. The summed E-state index contributed by atoms with van der Waals surface area (Å²) >= 11 is 0. The average molecular weight is 356 g/mol. The minimum atomic E-state index is -2.67. The Balaban J connectivity index is 1.62. The zero-order chi connectivity index (χ0) is 18.3. The van der Waals surface area contributed by atoms with Crippen molar-refractivity contribution in [2.45, 2.75) is 25.7 Å². The fourth-order valence-corrected chi connectivity index (χ4v) is 3.24. The van der Waals surface area contributed by atoms with Crippen molar-refractivity contribution in [3.8, 4) is 5.69 Å². The molecular formula is C19H18F2N4O. The second-order valence-electron chi connectivity index (χ2n) is 6.69. The van der Waals surface area contributed by atoms with E-state index >= 15 is 0 Å². The molecule has 4 rings (SSSR count). The van der Waals surface area contributed by atoms with Gasteiger partial charge in [-0.25, -0.2) is 13.8 Å². The molecule has 1 saturated heterocycles. The lowest BCUT2D eigenvalue weighted by atomic mass is 10.1. The molecule has 3 aromatic rings. The number of carbonyl (C=O) groups excluding carboxylic acids is 1. The molecule has 1 amide bonds. The molecular weight excluding hydrogens is 338 g/mol. The van der Waals surface area contributed by atoms with Crippen molar-refractivity contribution < 1.29 is 13.6 Å². The first-order valence-electron chi connectivity index (χ1n) is 8.49. The van der Waals surface area contributed by atoms with Crippen LogP contribution in [-0.2, 0) is 0 Å². The van der Waals surface area contributed by atoms with Crippen LogP contribution in [0.3, 0.4) is 0 Å². The normalized spacial score (nSPS) is 16.8. The summed E-state index contributed by atoms with van der Waals surface area (Å²) in [7, 11) is 0. The van der Waals surface area contributed by atoms with Crippen molar-refractivity contribution in [3.63, 3.8) is 0 Å². The van der Waals surface area contributed by atoms with E-state index in [9.17, 15) is 13.6 Å². The second-order valence-corrected chi connectivity index (χ2v) is 6.69. The number of rotatable bonds is 2. The van der Waals surface area contributed by atoms with Crippen LogP contribution < -0.4 is 0 Å². The summed E-state index contributed by atoms with van der Waals surface area (Å²) in [4.78, 5) is 22.7. The maximum absolute atomic E-state index is 13.3. The molecule has 5 nitrogen and oxygen atoms in total. The molecule has 1 fully saturated rings. The molecule has 7 heteroatoms. The zero-order valence-corrected chi connectivity index (χ0v) is 14.3. The summed E-state index contributed by atoms with van der Waals surface area (Å²) < 4.78 is 28.5. The average Bonchev–Trinajstić information content (AvgIpc) is 3.04. The van der Waals surface area contributed by atoms with Gasteiger partial charge in [0.25, 0.3) is 11.8 Å². The maximum atomic E-state index is 13.3. The van der Waals surface area contributed by atoms with Crippen LogP contribution in [0.25, 0.3) is 16.7 Å². The number of carbonyl (C=O) groups is 1. The predicted octanol–water partition coefficient (Wildman–Crippen LogP) is 3.60. The molecule has 0 aromatic carbocycles. The van der Waals surface area contributed by atoms with Crippen LogP contribution in [-0.4, -0.2) is 44.4 Å². The summed E-state index contributed by atoms with van der Waals surface area (Å²) in [6, 6.07) is 5.64. The van der Waals surface area contributed by atoms with E-state index in [0.29, 0.717) is 5.56 Å². The second kappa shape index (κ2) is 6.16. The highest BCUT2D eigenvalue weighted by molar-refractivity contribution is 5.97. The van der Waals surface area contributed by atoms with Crippen molar-refractivity contribution in [1.82, 2.24) is 19.4 Å². The molecule has 3 aromatic heterocycles. The molecule has 0 bridgehead atoms. The van der Waals surface area contributed by atoms with E-state index in [0.717, 1.165) is 22.3 Å². The molecule has 1 aliphatic heterocycles. The fraction of sp³-hybridized carbons (Fsp3) is 0.316. The Hall–Kier alpha value is -2.83. The molecule has 26 heavy (non-hydrogen) atoms. The molecule has 0 N–H and O–H groups in total. The minimum absolute atomic E-state index is 0.0693. The van der Waals surface area contributed by atoms with Gasteiger partial charge in [0.05, 0.1) is 17.4 Å². The Morgan fingerprint density at radius 2 is 1.92 bits per heavy atom. The van der Waals surface area contributed by atoms with Crippen molar-refractivity contribution in [1.29, 1.82) is 0 Å². The van der Waals surface area contributed by atoms with Crippen LogP contribution in [0.15, 0.2) is 43.0 Å². The predicted molar refractivity (Wildman–Crippen MR) is 93.7 cm³/mol. The number of halogens is 2. The standard InChI is InChI=1S/C19H18F2N4O/c1-13-8-16(12-22-10-13)25-5-2-14-9-15(11-23-17(14)25)18(26)24-6-3-19(20,21)4-7-24/h2,5,8-12H,3-4,6-7H2,1H3. The van der Waals surface area contributed by atoms with E-state index in [1.54, 1.807) is 18.5 Å². The van der Waals surface area contributed by atoms with E-state index in [1.807, 2.05) is 29.8 Å². The topological polar surface area (TPSA) is 51.0 Å². The Bertz CT molecular complexity index is 973. The number of likely N-dealkylation sites (tertiary alicyclic amines) is 1. The highest BCUT2D eigenvalue weighted by Gasteiger charge is 2.35. The van der Waals surface area contributed by atoms with Crippen molar-refractivity contribution in [3.05, 3.63) is 54.1 Å². The third kappa shape index (κ3) is 3.05. The van der Waals surface area contributed by atoms with Crippen LogP contribution in [0.5, 0.6) is 0 Å². The van der Waals surface area contributed by atoms with Gasteiger partial charge in [-0.2, -0.15) is 0 Å². The van der Waals surface area contributed by atoms with Gasteiger partial charge in [0.15, 0.2) is 0 Å². The van der Waals surface area contributed by atoms with Gasteiger partial charge in [-0.1, -0.05) is 0 Å². The van der Waals surface area contributed by atoms with E-state index < -0.39 is 5.92 Å². The van der Waals surface area contributed by atoms with E-state index in [4.69, 9.17) is 0 Å². The maximum Gasteiger partial charge on any atom is 0.255 e. The first-order chi connectivity index (χ1) is 12.4. The van der Waals surface area contributed by atoms with Gasteiger partial charge in [-0.05, 0) is 30.7 Å². The lowest BCUT2D eigenvalue weighted by Crippen LogP contribution is -2.42. The molecule has 4 heterocycles. The number of aromatic nitrogens is 3. The summed E-state index contributed by atoms with van der Waals surface area (Å²) in [6.07, 6.45) is 6.35. The number of hydrogen-bond donors (Lipinski definition) is 0. The quantitative estimate of drug-likeness (QED) is 0.705. The number of aryl methyl sites for hydroxylation is 1. The molecule has 0 spiro atoms. The highest BCUT2D eigenvalue weighted by Crippen LogP contribution is 2.28. The Kier molecular flexibility index (Phi) is 3.94. The van der Waals surface area contributed by atoms with Crippen LogP contribution in [0.1, 0.15) is 28.8 Å². The summed E-state index contributed by atoms with van der Waals surface area (Å²) in [5, 5.41) is 0.819. The van der Waals surface area contributed by atoms with Crippen LogP contribution in [0.2, 0.25) is 0 Å². The number of hydrogen-bond acceptors (Lipinski definition) is 3. The largest absolute Gasteiger partial charge is 0.338 e. The molecule has 0 atom stereocenters. The number of fused-ring (bicyclic) bond motifs is 1. The third-order valence-corrected chi connectivity index (χ3v) is 4.69. The number of piperidine rings is 1. The van der Waals surface area contributed by atoms with E-state index in [-0.39, 0.29) is 31.8 Å². The van der Waals surface area contributed by atoms with Crippen LogP contribution in [0, 0.1) is 6.92 Å². The SMILES string of the molecule is Cc1cncc(-n2ccc3cc(C(=O)N4CCC(F)(F)CC4)cnc32)c1. The molecule has 1 aliphatic rings. The van der Waals surface area contributed by atoms with Crippen LogP contribution >= 0.6 is 0 Å². The third-order valence-electron chi connectivity index (χ3n) is 4.69. The molecule has 0 radical (unpaired) electrons. The fourth-order valence-electron chi connectivity index (χ4n) is 3.24. The number of amides is 1. The van der Waals surface area contributed by atoms with Crippen molar-refractivity contribution in [2.75, 3.05) is 13.1 Å². The van der Waals surface area contributed by atoms with Gasteiger partial charge in [-0.15, -0.1) is 0 Å². The first kappa shape index (κ1) is 16.6. The van der Waals surface area contributed by atoms with Gasteiger partial charge >= 0.3 is 0 Å². The van der Waals surface area contributed by atoms with E-state index in [1.165, 1.54) is 11.1 Å². The van der Waals surface area contributed by atoms with Gasteiger partial charge in [0, 0.05) is 49.9 Å². The molecule has 0 aliphatic carbocycles. The monoisotopic (exact) mass is 356 g/mol. The molecule has 0 saturated carbocycles. The number of alkyl halides is 2. The van der Waals surface area contributed by atoms with E-state index in [2.05, 4.69) is 9.97 Å². The van der Waals surface area contributed by atoms with Gasteiger partial charge in [0.2, 0.25) is 0 Å². The minimum Gasteiger partial charge on any atom is -0.338 e. The Morgan fingerprint density at radius 3 is 2.65 bits per heavy atom. The van der Waals surface area contributed by atoms with Gasteiger partial charge < -0.3 is 4.90 Å². The molecule has 134 valence electrons. The zero-order valence-electron chi connectivity index (χ0n) is 14.3. The number of nitrogens with zero attached hydrogens (tertiary/aromatic N) is 4. The molecule has 0 unspecified atom stereocenters. The first-order valence-corrected chi connectivity index (χ1v) is 8.49. The summed E-state index contributed by atoms with van der Waals surface area (Å²) in [5.41, 5.74) is 3.07. The Morgan fingerprint density at radius 1 is 1.15 bits per heavy atom. The number of pyridine rings is 2. The van der Waals surface area contributed by atoms with Crippen molar-refractivity contribution >= 4 is 16.9 Å².